The van der Waals surface area contributed by atoms with Gasteiger partial charge in [-0.25, -0.2) is 0 Å². The molecule has 5 heteroatoms. The Kier molecular flexibility index (Phi) is 6.12. The van der Waals surface area contributed by atoms with Gasteiger partial charge in [0.15, 0.2) is 17.3 Å². The molecular formula is C22H25NO4. The van der Waals surface area contributed by atoms with E-state index in [1.165, 1.54) is 0 Å². The Hall–Kier alpha value is -2.82. The molecule has 1 aliphatic heterocycles. The molecule has 0 radical (unpaired) electrons. The van der Waals surface area contributed by atoms with Gasteiger partial charge in [0, 0.05) is 17.7 Å². The van der Waals surface area contributed by atoms with Crippen LogP contribution in [0.5, 0.6) is 17.2 Å². The highest BCUT2D eigenvalue weighted by Gasteiger charge is 2.21. The van der Waals surface area contributed by atoms with E-state index in [1.807, 2.05) is 36.4 Å². The smallest absolute Gasteiger partial charge is 0.165 e. The molecule has 27 heavy (non-hydrogen) atoms. The Balaban J connectivity index is 1.77. The summed E-state index contributed by atoms with van der Waals surface area (Å²) in [6.45, 7) is 0. The number of Topliss-reactive ketones (excluding diaryl/α,β-unsaturated/α-hetero) is 1. The van der Waals surface area contributed by atoms with Gasteiger partial charge in [0.1, 0.15) is 5.75 Å². The number of aliphatic imine (C=N–C) groups is 1. The number of nitrogens with zero attached hydrogens (tertiary/aromatic N) is 1. The lowest BCUT2D eigenvalue weighted by Crippen LogP contribution is -2.20. The summed E-state index contributed by atoms with van der Waals surface area (Å²) in [7, 11) is 4.85. The minimum atomic E-state index is 0.000507. The molecule has 2 aromatic carbocycles. The Morgan fingerprint density at radius 2 is 1.85 bits per heavy atom. The fourth-order valence-electron chi connectivity index (χ4n) is 3.37. The lowest BCUT2D eigenvalue weighted by atomic mass is 9.94. The monoisotopic (exact) mass is 367 g/mol. The van der Waals surface area contributed by atoms with Crippen LogP contribution in [-0.4, -0.2) is 38.9 Å². The largest absolute Gasteiger partial charge is 0.497 e. The second-order valence-electron chi connectivity index (χ2n) is 6.55. The van der Waals surface area contributed by atoms with Gasteiger partial charge < -0.3 is 14.2 Å². The van der Waals surface area contributed by atoms with Gasteiger partial charge in [0.2, 0.25) is 0 Å². The Labute approximate surface area is 160 Å². The summed E-state index contributed by atoms with van der Waals surface area (Å²) in [4.78, 5) is 17.5. The topological polar surface area (TPSA) is 57.1 Å². The number of carbonyl (C=O) groups excluding carboxylic acids is 1. The van der Waals surface area contributed by atoms with Crippen molar-refractivity contribution < 1.29 is 19.0 Å². The zero-order valence-corrected chi connectivity index (χ0v) is 16.0. The maximum absolute atomic E-state index is 12.6. The molecule has 0 saturated heterocycles. The maximum Gasteiger partial charge on any atom is 0.165 e. The summed E-state index contributed by atoms with van der Waals surface area (Å²) in [5.74, 6) is 2.17. The Morgan fingerprint density at radius 3 is 2.59 bits per heavy atom. The van der Waals surface area contributed by atoms with Crippen LogP contribution in [0.2, 0.25) is 0 Å². The van der Waals surface area contributed by atoms with Crippen LogP contribution < -0.4 is 14.2 Å². The predicted molar refractivity (Wildman–Crippen MR) is 106 cm³/mol. The van der Waals surface area contributed by atoms with Crippen molar-refractivity contribution in [3.8, 4) is 17.2 Å². The van der Waals surface area contributed by atoms with Crippen LogP contribution in [-0.2, 0) is 0 Å². The predicted octanol–water partition coefficient (Wildman–Crippen LogP) is 4.33. The van der Waals surface area contributed by atoms with Crippen molar-refractivity contribution in [1.29, 1.82) is 0 Å². The molecule has 0 N–H and O–H groups in total. The van der Waals surface area contributed by atoms with E-state index in [0.717, 1.165) is 30.5 Å². The van der Waals surface area contributed by atoms with Gasteiger partial charge in [-0.15, -0.1) is 0 Å². The zero-order chi connectivity index (χ0) is 19.2. The molecule has 0 aromatic heterocycles. The van der Waals surface area contributed by atoms with Crippen molar-refractivity contribution in [3.05, 3.63) is 53.6 Å². The van der Waals surface area contributed by atoms with Crippen LogP contribution in [0.15, 0.2) is 47.5 Å². The van der Waals surface area contributed by atoms with E-state index in [9.17, 15) is 4.79 Å². The fourth-order valence-corrected chi connectivity index (χ4v) is 3.37. The number of carbonyl (C=O) groups is 1. The molecule has 1 aliphatic rings. The molecule has 0 fully saturated rings. The van der Waals surface area contributed by atoms with Gasteiger partial charge in [-0.1, -0.05) is 12.1 Å². The van der Waals surface area contributed by atoms with Crippen LogP contribution in [0, 0.1) is 0 Å². The van der Waals surface area contributed by atoms with Crippen LogP contribution in [0.3, 0.4) is 0 Å². The first kappa shape index (κ1) is 19.0. The van der Waals surface area contributed by atoms with E-state index in [0.29, 0.717) is 29.2 Å². The van der Waals surface area contributed by atoms with Crippen LogP contribution in [0.25, 0.3) is 0 Å². The van der Waals surface area contributed by atoms with Crippen LogP contribution in [0.4, 0.5) is 0 Å². The highest BCUT2D eigenvalue weighted by Crippen LogP contribution is 2.30. The minimum Gasteiger partial charge on any atom is -0.497 e. The van der Waals surface area contributed by atoms with Crippen molar-refractivity contribution in [2.24, 2.45) is 4.99 Å². The van der Waals surface area contributed by atoms with E-state index in [2.05, 4.69) is 0 Å². The molecule has 5 nitrogen and oxygen atoms in total. The summed E-state index contributed by atoms with van der Waals surface area (Å²) in [5.41, 5.74) is 2.71. The van der Waals surface area contributed by atoms with Crippen molar-refractivity contribution in [1.82, 2.24) is 0 Å². The van der Waals surface area contributed by atoms with E-state index in [-0.39, 0.29) is 11.8 Å². The quantitative estimate of drug-likeness (QED) is 0.684. The minimum absolute atomic E-state index is 0.000507. The number of ketones is 1. The average Bonchev–Trinajstić information content (AvgIpc) is 2.73. The highest BCUT2D eigenvalue weighted by atomic mass is 16.5. The molecule has 0 amide bonds. The van der Waals surface area contributed by atoms with Gasteiger partial charge in [-0.05, 0) is 55.2 Å². The molecule has 1 atom stereocenters. The number of hydrogen-bond acceptors (Lipinski definition) is 5. The van der Waals surface area contributed by atoms with Crippen molar-refractivity contribution in [2.75, 3.05) is 21.3 Å². The molecule has 0 bridgehead atoms. The lowest BCUT2D eigenvalue weighted by Gasteiger charge is -2.21. The van der Waals surface area contributed by atoms with Crippen LogP contribution in [0.1, 0.15) is 41.6 Å². The number of benzene rings is 2. The zero-order valence-electron chi connectivity index (χ0n) is 16.0. The number of rotatable bonds is 7. The fraction of sp³-hybridized carbons (Fsp3) is 0.364. The third-order valence-corrected chi connectivity index (χ3v) is 4.82. The normalized spacial score (nSPS) is 16.4. The SMILES string of the molecule is COc1cccc(C(=O)CC2CCCC(c3ccc(OC)c(OC)c3)=N2)c1. The summed E-state index contributed by atoms with van der Waals surface area (Å²) in [6, 6.07) is 13.1. The summed E-state index contributed by atoms with van der Waals surface area (Å²) >= 11 is 0. The first-order valence-electron chi connectivity index (χ1n) is 9.11. The van der Waals surface area contributed by atoms with Gasteiger partial charge in [-0.3, -0.25) is 9.79 Å². The number of methoxy groups -OCH3 is 3. The molecule has 3 rings (SSSR count). The standard InChI is InChI=1S/C22H25NO4/c1-25-18-8-4-6-16(12-18)20(24)14-17-7-5-9-19(23-17)15-10-11-21(26-2)22(13-15)27-3/h4,6,8,10-13,17H,5,7,9,14H2,1-3H3. The van der Waals surface area contributed by atoms with E-state index < -0.39 is 0 Å². The van der Waals surface area contributed by atoms with Gasteiger partial charge in [-0.2, -0.15) is 0 Å². The first-order chi connectivity index (χ1) is 13.1. The second kappa shape index (κ2) is 8.71. The summed E-state index contributed by atoms with van der Waals surface area (Å²) in [6.07, 6.45) is 3.25. The molecule has 1 unspecified atom stereocenters. The van der Waals surface area contributed by atoms with Gasteiger partial charge >= 0.3 is 0 Å². The molecular weight excluding hydrogens is 342 g/mol. The van der Waals surface area contributed by atoms with Crippen LogP contribution >= 0.6 is 0 Å². The average molecular weight is 367 g/mol. The highest BCUT2D eigenvalue weighted by molar-refractivity contribution is 6.02. The Bertz CT molecular complexity index is 844. The van der Waals surface area contributed by atoms with E-state index in [1.54, 1.807) is 27.4 Å². The number of hydrogen-bond donors (Lipinski definition) is 0. The number of ether oxygens (including phenoxy) is 3. The maximum atomic E-state index is 12.6. The summed E-state index contributed by atoms with van der Waals surface area (Å²) < 4.78 is 15.9. The Morgan fingerprint density at radius 1 is 1.04 bits per heavy atom. The first-order valence-corrected chi connectivity index (χ1v) is 9.11. The lowest BCUT2D eigenvalue weighted by molar-refractivity contribution is 0.0972. The van der Waals surface area contributed by atoms with Crippen molar-refractivity contribution in [3.63, 3.8) is 0 Å². The molecule has 0 aliphatic carbocycles. The second-order valence-corrected chi connectivity index (χ2v) is 6.55. The molecule has 1 heterocycles. The van der Waals surface area contributed by atoms with Crippen molar-refractivity contribution in [2.45, 2.75) is 31.7 Å². The third-order valence-electron chi connectivity index (χ3n) is 4.82. The van der Waals surface area contributed by atoms with Gasteiger partial charge in [0.25, 0.3) is 0 Å². The molecule has 2 aromatic rings. The van der Waals surface area contributed by atoms with Crippen molar-refractivity contribution >= 4 is 11.5 Å². The summed E-state index contributed by atoms with van der Waals surface area (Å²) in [5, 5.41) is 0. The van der Waals surface area contributed by atoms with E-state index >= 15 is 0 Å². The molecule has 0 saturated carbocycles. The third kappa shape index (κ3) is 4.48. The van der Waals surface area contributed by atoms with Gasteiger partial charge in [0.05, 0.1) is 27.4 Å². The van der Waals surface area contributed by atoms with E-state index in [4.69, 9.17) is 19.2 Å². The molecule has 142 valence electrons. The molecule has 0 spiro atoms.